The highest BCUT2D eigenvalue weighted by molar-refractivity contribution is 4.99. The van der Waals surface area contributed by atoms with Crippen molar-refractivity contribution in [3.8, 4) is 0 Å². The Morgan fingerprint density at radius 2 is 2.50 bits per heavy atom. The summed E-state index contributed by atoms with van der Waals surface area (Å²) in [5.74, 6) is 2.06. The van der Waals surface area contributed by atoms with E-state index in [0.717, 1.165) is 24.6 Å². The normalized spacial score (nSPS) is 15.1. The summed E-state index contributed by atoms with van der Waals surface area (Å²) < 4.78 is 2.14. The van der Waals surface area contributed by atoms with Crippen molar-refractivity contribution >= 4 is 0 Å². The highest BCUT2D eigenvalue weighted by Gasteiger charge is 2.16. The van der Waals surface area contributed by atoms with E-state index in [9.17, 15) is 0 Å². The summed E-state index contributed by atoms with van der Waals surface area (Å²) in [6.45, 7) is 1.67. The predicted molar refractivity (Wildman–Crippen MR) is 42.2 cm³/mol. The molecule has 2 rings (SSSR count). The van der Waals surface area contributed by atoms with Gasteiger partial charge < -0.3 is 9.40 Å². The molecule has 0 spiro atoms. The Bertz CT molecular complexity index is 270. The van der Waals surface area contributed by atoms with Gasteiger partial charge >= 0.3 is 0 Å². The number of aromatic nitrogens is 3. The fourth-order valence-electron chi connectivity index (χ4n) is 1.48. The van der Waals surface area contributed by atoms with E-state index in [2.05, 4.69) is 20.2 Å². The smallest absolute Gasteiger partial charge is 0.149 e. The van der Waals surface area contributed by atoms with Crippen molar-refractivity contribution in [1.29, 1.82) is 0 Å². The Morgan fingerprint density at radius 1 is 1.58 bits per heavy atom. The number of nitrogens with one attached hydrogen (secondary N) is 1. The number of hydrogen-bond acceptors (Lipinski definition) is 4. The van der Waals surface area contributed by atoms with E-state index in [1.807, 2.05) is 0 Å². The number of fused-ring (bicyclic) bond motifs is 1. The molecule has 1 aromatic heterocycles. The SMILES string of the molecule is CONCc1nnc2n1CCC2. The predicted octanol–water partition coefficient (Wildman–Crippen LogP) is -0.125. The van der Waals surface area contributed by atoms with Crippen LogP contribution >= 0.6 is 0 Å². The van der Waals surface area contributed by atoms with Gasteiger partial charge in [-0.1, -0.05) is 0 Å². The third-order valence-corrected chi connectivity index (χ3v) is 2.06. The minimum Gasteiger partial charge on any atom is -0.314 e. The van der Waals surface area contributed by atoms with Gasteiger partial charge in [-0.25, -0.2) is 0 Å². The van der Waals surface area contributed by atoms with Crippen LogP contribution in [0.3, 0.4) is 0 Å². The van der Waals surface area contributed by atoms with Crippen molar-refractivity contribution in [1.82, 2.24) is 20.2 Å². The van der Waals surface area contributed by atoms with E-state index in [0.29, 0.717) is 6.54 Å². The summed E-state index contributed by atoms with van der Waals surface area (Å²) in [4.78, 5) is 4.74. The molecule has 5 nitrogen and oxygen atoms in total. The fraction of sp³-hybridized carbons (Fsp3) is 0.714. The molecule has 0 bridgehead atoms. The summed E-state index contributed by atoms with van der Waals surface area (Å²) in [6, 6.07) is 0. The summed E-state index contributed by atoms with van der Waals surface area (Å²) in [6.07, 6.45) is 2.24. The van der Waals surface area contributed by atoms with Crippen molar-refractivity contribution in [2.75, 3.05) is 7.11 Å². The lowest BCUT2D eigenvalue weighted by Gasteiger charge is -2.01. The zero-order chi connectivity index (χ0) is 8.39. The highest BCUT2D eigenvalue weighted by atomic mass is 16.6. The summed E-state index contributed by atoms with van der Waals surface area (Å²) in [5, 5.41) is 8.11. The van der Waals surface area contributed by atoms with Crippen LogP contribution in [-0.2, 0) is 24.3 Å². The molecule has 0 saturated carbocycles. The Hall–Kier alpha value is -0.940. The van der Waals surface area contributed by atoms with Crippen molar-refractivity contribution in [3.63, 3.8) is 0 Å². The van der Waals surface area contributed by atoms with E-state index >= 15 is 0 Å². The highest BCUT2D eigenvalue weighted by Crippen LogP contribution is 2.13. The molecular weight excluding hydrogens is 156 g/mol. The van der Waals surface area contributed by atoms with Gasteiger partial charge in [-0.05, 0) is 6.42 Å². The molecule has 1 aliphatic rings. The molecule has 5 heteroatoms. The van der Waals surface area contributed by atoms with Crippen molar-refractivity contribution < 1.29 is 4.84 Å². The van der Waals surface area contributed by atoms with Crippen LogP contribution in [0.4, 0.5) is 0 Å². The second kappa shape index (κ2) is 3.20. The van der Waals surface area contributed by atoms with Crippen molar-refractivity contribution in [3.05, 3.63) is 11.6 Å². The van der Waals surface area contributed by atoms with Crippen LogP contribution in [0, 0.1) is 0 Å². The minimum atomic E-state index is 0.628. The molecule has 0 saturated heterocycles. The Labute approximate surface area is 70.7 Å². The van der Waals surface area contributed by atoms with E-state index in [1.54, 1.807) is 7.11 Å². The second-order valence-electron chi connectivity index (χ2n) is 2.81. The molecule has 0 aliphatic carbocycles. The standard InChI is InChI=1S/C7H12N4O/c1-12-8-5-7-10-9-6-3-2-4-11(6)7/h8H,2-5H2,1H3. The van der Waals surface area contributed by atoms with Gasteiger partial charge in [-0.2, -0.15) is 5.48 Å². The monoisotopic (exact) mass is 168 g/mol. The largest absolute Gasteiger partial charge is 0.314 e. The van der Waals surface area contributed by atoms with Gasteiger partial charge in [-0.3, -0.25) is 0 Å². The molecule has 0 unspecified atom stereocenters. The molecule has 0 radical (unpaired) electrons. The van der Waals surface area contributed by atoms with Gasteiger partial charge in [0.05, 0.1) is 13.7 Å². The third-order valence-electron chi connectivity index (χ3n) is 2.06. The van der Waals surface area contributed by atoms with Crippen LogP contribution < -0.4 is 5.48 Å². The first-order valence-corrected chi connectivity index (χ1v) is 4.08. The maximum atomic E-state index is 4.74. The molecule has 0 fully saturated rings. The molecule has 1 aromatic rings. The van der Waals surface area contributed by atoms with Crippen LogP contribution in [0.5, 0.6) is 0 Å². The Morgan fingerprint density at radius 3 is 3.33 bits per heavy atom. The summed E-state index contributed by atoms with van der Waals surface area (Å²) >= 11 is 0. The Kier molecular flexibility index (Phi) is 2.05. The van der Waals surface area contributed by atoms with E-state index in [4.69, 9.17) is 4.84 Å². The van der Waals surface area contributed by atoms with Crippen LogP contribution in [-0.4, -0.2) is 21.9 Å². The first-order valence-electron chi connectivity index (χ1n) is 4.08. The average molecular weight is 168 g/mol. The molecular formula is C7H12N4O. The lowest BCUT2D eigenvalue weighted by Crippen LogP contribution is -2.15. The molecule has 2 heterocycles. The van der Waals surface area contributed by atoms with Gasteiger partial charge in [0.15, 0.2) is 0 Å². The van der Waals surface area contributed by atoms with Crippen LogP contribution in [0.2, 0.25) is 0 Å². The van der Waals surface area contributed by atoms with Crippen LogP contribution in [0.1, 0.15) is 18.1 Å². The van der Waals surface area contributed by atoms with Gasteiger partial charge in [0, 0.05) is 13.0 Å². The first-order chi connectivity index (χ1) is 5.92. The fourth-order valence-corrected chi connectivity index (χ4v) is 1.48. The number of hydroxylamine groups is 1. The average Bonchev–Trinajstić information content (AvgIpc) is 2.62. The van der Waals surface area contributed by atoms with Gasteiger partial charge in [0.1, 0.15) is 11.6 Å². The number of hydrogen-bond donors (Lipinski definition) is 1. The number of nitrogens with zero attached hydrogens (tertiary/aromatic N) is 3. The molecule has 1 N–H and O–H groups in total. The zero-order valence-corrected chi connectivity index (χ0v) is 7.08. The Balaban J connectivity index is 2.11. The molecule has 0 atom stereocenters. The zero-order valence-electron chi connectivity index (χ0n) is 7.08. The van der Waals surface area contributed by atoms with Crippen molar-refractivity contribution in [2.24, 2.45) is 0 Å². The van der Waals surface area contributed by atoms with Gasteiger partial charge in [0.25, 0.3) is 0 Å². The van der Waals surface area contributed by atoms with Crippen LogP contribution in [0.25, 0.3) is 0 Å². The topological polar surface area (TPSA) is 52.0 Å². The van der Waals surface area contributed by atoms with Gasteiger partial charge in [-0.15, -0.1) is 10.2 Å². The summed E-state index contributed by atoms with van der Waals surface area (Å²) in [7, 11) is 1.60. The number of rotatable bonds is 3. The number of aryl methyl sites for hydroxylation is 1. The maximum Gasteiger partial charge on any atom is 0.149 e. The molecule has 0 aromatic carbocycles. The second-order valence-corrected chi connectivity index (χ2v) is 2.81. The van der Waals surface area contributed by atoms with E-state index < -0.39 is 0 Å². The quantitative estimate of drug-likeness (QED) is 0.639. The lowest BCUT2D eigenvalue weighted by atomic mass is 10.4. The third kappa shape index (κ3) is 1.21. The van der Waals surface area contributed by atoms with Gasteiger partial charge in [0.2, 0.25) is 0 Å². The maximum absolute atomic E-state index is 4.74. The van der Waals surface area contributed by atoms with E-state index in [-0.39, 0.29) is 0 Å². The summed E-state index contributed by atoms with van der Waals surface area (Å²) in [5.41, 5.74) is 2.76. The van der Waals surface area contributed by atoms with Crippen LogP contribution in [0.15, 0.2) is 0 Å². The van der Waals surface area contributed by atoms with Crippen molar-refractivity contribution in [2.45, 2.75) is 25.9 Å². The molecule has 1 aliphatic heterocycles. The van der Waals surface area contributed by atoms with E-state index in [1.165, 1.54) is 6.42 Å². The minimum absolute atomic E-state index is 0.628. The lowest BCUT2D eigenvalue weighted by molar-refractivity contribution is 0.0840. The molecule has 66 valence electrons. The molecule has 12 heavy (non-hydrogen) atoms. The first kappa shape index (κ1) is 7.70. The molecule has 0 amide bonds.